The van der Waals surface area contributed by atoms with Crippen LogP contribution in [0.25, 0.3) is 0 Å². The quantitative estimate of drug-likeness (QED) is 0.703. The maximum absolute atomic E-state index is 12.6. The van der Waals surface area contributed by atoms with E-state index in [0.717, 1.165) is 16.9 Å². The summed E-state index contributed by atoms with van der Waals surface area (Å²) in [6, 6.07) is 5.06. The van der Waals surface area contributed by atoms with Crippen molar-refractivity contribution < 1.29 is 28.6 Å². The largest absolute Gasteiger partial charge is 0.481 e. The highest BCUT2D eigenvalue weighted by Crippen LogP contribution is 2.34. The van der Waals surface area contributed by atoms with E-state index in [-0.39, 0.29) is 15.4 Å². The van der Waals surface area contributed by atoms with Crippen molar-refractivity contribution in [2.75, 3.05) is 19.5 Å². The van der Waals surface area contributed by atoms with E-state index in [1.807, 2.05) is 6.92 Å². The molecule has 0 radical (unpaired) electrons. The molecule has 0 spiro atoms. The van der Waals surface area contributed by atoms with Gasteiger partial charge in [-0.3, -0.25) is 4.79 Å². The van der Waals surface area contributed by atoms with Crippen LogP contribution in [0, 0.1) is 13.8 Å². The highest BCUT2D eigenvalue weighted by molar-refractivity contribution is 7.18. The average Bonchev–Trinajstić information content (AvgIpc) is 2.98. The maximum atomic E-state index is 12.6. The van der Waals surface area contributed by atoms with Crippen molar-refractivity contribution in [1.29, 1.82) is 0 Å². The molecule has 28 heavy (non-hydrogen) atoms. The number of thiophene rings is 1. The first-order valence-electron chi connectivity index (χ1n) is 8.23. The lowest BCUT2D eigenvalue weighted by atomic mass is 10.1. The second-order valence-electron chi connectivity index (χ2n) is 5.90. The molecule has 0 aliphatic heterocycles. The summed E-state index contributed by atoms with van der Waals surface area (Å²) in [7, 11) is 2.46. The van der Waals surface area contributed by atoms with Crippen molar-refractivity contribution in [2.24, 2.45) is 0 Å². The molecular formula is C19H20ClNO6S. The molecule has 1 aromatic heterocycles. The number of ether oxygens (including phenoxy) is 3. The van der Waals surface area contributed by atoms with Gasteiger partial charge in [0.05, 0.1) is 19.8 Å². The molecule has 0 saturated carbocycles. The first-order valence-corrected chi connectivity index (χ1v) is 9.42. The van der Waals surface area contributed by atoms with E-state index in [2.05, 4.69) is 5.32 Å². The van der Waals surface area contributed by atoms with Crippen LogP contribution in [0.15, 0.2) is 18.2 Å². The molecule has 7 nitrogen and oxygen atoms in total. The van der Waals surface area contributed by atoms with Crippen LogP contribution < -0.4 is 10.1 Å². The van der Waals surface area contributed by atoms with Crippen LogP contribution in [0.5, 0.6) is 5.75 Å². The lowest BCUT2D eigenvalue weighted by Crippen LogP contribution is -2.30. The van der Waals surface area contributed by atoms with E-state index in [9.17, 15) is 14.4 Å². The van der Waals surface area contributed by atoms with Gasteiger partial charge >= 0.3 is 11.9 Å². The van der Waals surface area contributed by atoms with Gasteiger partial charge in [-0.25, -0.2) is 9.59 Å². The van der Waals surface area contributed by atoms with Crippen molar-refractivity contribution in [2.45, 2.75) is 26.9 Å². The highest BCUT2D eigenvalue weighted by Gasteiger charge is 2.28. The van der Waals surface area contributed by atoms with E-state index >= 15 is 0 Å². The fourth-order valence-corrected chi connectivity index (χ4v) is 3.78. The second kappa shape index (κ2) is 9.07. The number of anilines is 1. The Balaban J connectivity index is 2.26. The molecule has 0 aliphatic rings. The monoisotopic (exact) mass is 425 g/mol. The summed E-state index contributed by atoms with van der Waals surface area (Å²) in [5, 5.41) is 3.39. The predicted molar refractivity (Wildman–Crippen MR) is 107 cm³/mol. The Morgan fingerprint density at radius 2 is 1.75 bits per heavy atom. The molecule has 0 bridgehead atoms. The summed E-state index contributed by atoms with van der Waals surface area (Å²) in [4.78, 5) is 36.9. The van der Waals surface area contributed by atoms with Crippen LogP contribution in [0.1, 0.15) is 38.1 Å². The average molecular weight is 426 g/mol. The van der Waals surface area contributed by atoms with Gasteiger partial charge in [-0.2, -0.15) is 0 Å². The molecular weight excluding hydrogens is 406 g/mol. The van der Waals surface area contributed by atoms with Gasteiger partial charge in [0.15, 0.2) is 6.10 Å². The fraction of sp³-hybridized carbons (Fsp3) is 0.316. The summed E-state index contributed by atoms with van der Waals surface area (Å²) in [5.41, 5.74) is 1.26. The zero-order valence-corrected chi connectivity index (χ0v) is 17.6. The summed E-state index contributed by atoms with van der Waals surface area (Å²) in [6.07, 6.45) is -0.866. The molecule has 1 atom stereocenters. The van der Waals surface area contributed by atoms with Gasteiger partial charge in [-0.15, -0.1) is 11.3 Å². The highest BCUT2D eigenvalue weighted by atomic mass is 35.5. The summed E-state index contributed by atoms with van der Waals surface area (Å²) in [6.45, 7) is 4.97. The molecule has 1 amide bonds. The van der Waals surface area contributed by atoms with Crippen LogP contribution in [0.4, 0.5) is 5.00 Å². The topological polar surface area (TPSA) is 90.9 Å². The number of carbonyl (C=O) groups excluding carboxylic acids is 3. The second-order valence-corrected chi connectivity index (χ2v) is 7.36. The van der Waals surface area contributed by atoms with E-state index in [1.165, 1.54) is 14.2 Å². The minimum Gasteiger partial charge on any atom is -0.481 e. The summed E-state index contributed by atoms with van der Waals surface area (Å²) >= 11 is 6.86. The molecule has 9 heteroatoms. The third-order valence-electron chi connectivity index (χ3n) is 3.95. The van der Waals surface area contributed by atoms with Crippen LogP contribution >= 0.6 is 22.9 Å². The molecule has 150 valence electrons. The lowest BCUT2D eigenvalue weighted by molar-refractivity contribution is -0.122. The molecule has 2 aromatic rings. The number of hydrogen-bond donors (Lipinski definition) is 1. The van der Waals surface area contributed by atoms with E-state index in [0.29, 0.717) is 16.3 Å². The van der Waals surface area contributed by atoms with Gasteiger partial charge in [0.1, 0.15) is 15.6 Å². The van der Waals surface area contributed by atoms with E-state index in [1.54, 1.807) is 32.0 Å². The molecule has 2 rings (SSSR count). The minimum absolute atomic E-state index is 0.108. The van der Waals surface area contributed by atoms with E-state index < -0.39 is 23.9 Å². The van der Waals surface area contributed by atoms with Crippen LogP contribution in [0.3, 0.4) is 0 Å². The van der Waals surface area contributed by atoms with Crippen molar-refractivity contribution in [3.05, 3.63) is 44.8 Å². The van der Waals surface area contributed by atoms with Crippen molar-refractivity contribution in [1.82, 2.24) is 0 Å². The zero-order chi connectivity index (χ0) is 21.0. The number of halogens is 1. The van der Waals surface area contributed by atoms with E-state index in [4.69, 9.17) is 25.8 Å². The third kappa shape index (κ3) is 4.63. The molecule has 1 aromatic carbocycles. The summed E-state index contributed by atoms with van der Waals surface area (Å²) < 4.78 is 15.2. The Hall–Kier alpha value is -2.58. The lowest BCUT2D eigenvalue weighted by Gasteiger charge is -2.16. The predicted octanol–water partition coefficient (Wildman–Crippen LogP) is 4.00. The third-order valence-corrected chi connectivity index (χ3v) is 5.38. The van der Waals surface area contributed by atoms with Gasteiger partial charge in [0.2, 0.25) is 0 Å². The Morgan fingerprint density at radius 3 is 2.32 bits per heavy atom. The number of aryl methyl sites for hydroxylation is 1. The number of nitrogens with one attached hydrogen (secondary N) is 1. The Morgan fingerprint density at radius 1 is 1.11 bits per heavy atom. The fourth-order valence-electron chi connectivity index (χ4n) is 2.44. The number of esters is 2. The minimum atomic E-state index is -0.866. The maximum Gasteiger partial charge on any atom is 0.348 e. The SMILES string of the molecule is COC(=O)c1sc(NC(=O)[C@H](C)Oc2ccc(Cl)cc2C)c(C(=O)OC)c1C. The van der Waals surface area contributed by atoms with Gasteiger partial charge < -0.3 is 19.5 Å². The standard InChI is InChI=1S/C19H20ClNO6S/c1-9-8-12(20)6-7-13(9)27-11(3)16(22)21-17-14(18(23)25-4)10(2)15(28-17)19(24)26-5/h6-8,11H,1-5H3,(H,21,22)/t11-/m0/s1. The molecule has 0 fully saturated rings. The first kappa shape index (κ1) is 21.7. The van der Waals surface area contributed by atoms with Crippen molar-refractivity contribution >= 4 is 45.8 Å². The van der Waals surface area contributed by atoms with Crippen molar-refractivity contribution in [3.8, 4) is 5.75 Å². The number of benzene rings is 1. The Kier molecular flexibility index (Phi) is 7.04. The van der Waals surface area contributed by atoms with Gasteiger partial charge in [-0.1, -0.05) is 11.6 Å². The smallest absolute Gasteiger partial charge is 0.348 e. The van der Waals surface area contributed by atoms with Crippen LogP contribution in [0.2, 0.25) is 5.02 Å². The van der Waals surface area contributed by atoms with Crippen molar-refractivity contribution in [3.63, 3.8) is 0 Å². The first-order chi connectivity index (χ1) is 13.2. The number of rotatable bonds is 6. The Labute approximate surface area is 171 Å². The number of amides is 1. The number of methoxy groups -OCH3 is 2. The van der Waals surface area contributed by atoms with Gasteiger partial charge in [-0.05, 0) is 50.1 Å². The van der Waals surface area contributed by atoms with Gasteiger partial charge in [0.25, 0.3) is 5.91 Å². The molecule has 0 unspecified atom stereocenters. The van der Waals surface area contributed by atoms with Gasteiger partial charge in [0, 0.05) is 5.02 Å². The number of carbonyl (C=O) groups is 3. The Bertz CT molecular complexity index is 923. The van der Waals surface area contributed by atoms with Crippen LogP contribution in [-0.4, -0.2) is 38.2 Å². The molecule has 0 aliphatic carbocycles. The summed E-state index contributed by atoms with van der Waals surface area (Å²) in [5.74, 6) is -1.24. The van der Waals surface area contributed by atoms with Crippen LogP contribution in [-0.2, 0) is 14.3 Å². The molecule has 1 heterocycles. The molecule has 0 saturated heterocycles. The zero-order valence-electron chi connectivity index (χ0n) is 16.0. The molecule has 1 N–H and O–H groups in total. The normalized spacial score (nSPS) is 11.5. The number of hydrogen-bond acceptors (Lipinski definition) is 7.